The molecule has 16 heavy (non-hydrogen) atoms. The number of nitrogens with two attached hydrogens (primary N) is 1. The number of rotatable bonds is 3. The molecule has 0 aliphatic heterocycles. The van der Waals surface area contributed by atoms with Crippen LogP contribution in [0.25, 0.3) is 0 Å². The Balaban J connectivity index is 0.00000225. The van der Waals surface area contributed by atoms with Gasteiger partial charge in [-0.15, -0.1) is 12.4 Å². The molecule has 0 aliphatic rings. The van der Waals surface area contributed by atoms with Crippen LogP contribution in [0.1, 0.15) is 12.5 Å². The number of hydrogen-bond acceptors (Lipinski definition) is 2. The third-order valence-electron chi connectivity index (χ3n) is 2.24. The van der Waals surface area contributed by atoms with E-state index in [0.717, 1.165) is 9.26 Å². The number of carbonyl (C=O) groups excluding carboxylic acids is 1. The number of halogens is 2. The lowest BCUT2D eigenvalue weighted by atomic mass is 10.1. The molecule has 1 amide bonds. The van der Waals surface area contributed by atoms with E-state index in [0.29, 0.717) is 6.54 Å². The minimum atomic E-state index is -0.149. The van der Waals surface area contributed by atoms with Gasteiger partial charge in [-0.05, 0) is 47.2 Å². The summed E-state index contributed by atoms with van der Waals surface area (Å²) in [5, 5.41) is 2.84. The van der Waals surface area contributed by atoms with E-state index in [2.05, 4.69) is 27.9 Å². The zero-order valence-corrected chi connectivity index (χ0v) is 12.3. The minimum Gasteiger partial charge on any atom is -0.330 e. The first-order chi connectivity index (χ1) is 7.04. The van der Waals surface area contributed by atoms with Gasteiger partial charge in [0.25, 0.3) is 0 Å². The Hall–Kier alpha value is -0.330. The molecule has 0 fully saturated rings. The Morgan fingerprint density at radius 3 is 2.69 bits per heavy atom. The van der Waals surface area contributed by atoms with Crippen molar-refractivity contribution < 1.29 is 4.79 Å². The minimum absolute atomic E-state index is 0. The van der Waals surface area contributed by atoms with E-state index < -0.39 is 0 Å². The lowest BCUT2D eigenvalue weighted by Gasteiger charge is -2.10. The van der Waals surface area contributed by atoms with Crippen molar-refractivity contribution in [2.75, 3.05) is 11.9 Å². The van der Waals surface area contributed by atoms with Gasteiger partial charge in [-0.2, -0.15) is 0 Å². The Labute approximate surface area is 116 Å². The molecule has 90 valence electrons. The molecular formula is C11H16ClIN2O. The van der Waals surface area contributed by atoms with Gasteiger partial charge in [-0.1, -0.05) is 13.0 Å². The van der Waals surface area contributed by atoms with Gasteiger partial charge >= 0.3 is 0 Å². The maximum Gasteiger partial charge on any atom is 0.228 e. The second-order valence-corrected chi connectivity index (χ2v) is 4.75. The standard InChI is InChI=1S/C11H15IN2O.ClH/c1-7-3-4-9(5-10(7)12)14-11(15)8(2)6-13;/h3-5,8H,6,13H2,1-2H3,(H,14,15);1H. The number of nitrogens with one attached hydrogen (secondary N) is 1. The highest BCUT2D eigenvalue weighted by molar-refractivity contribution is 14.1. The van der Waals surface area contributed by atoms with Gasteiger partial charge in [-0.3, -0.25) is 4.79 Å². The van der Waals surface area contributed by atoms with Crippen LogP contribution in [-0.4, -0.2) is 12.5 Å². The molecule has 5 heteroatoms. The molecule has 0 aromatic heterocycles. The molecule has 3 nitrogen and oxygen atoms in total. The van der Waals surface area contributed by atoms with E-state index in [1.807, 2.05) is 32.0 Å². The summed E-state index contributed by atoms with van der Waals surface area (Å²) >= 11 is 2.25. The maximum atomic E-state index is 11.5. The summed E-state index contributed by atoms with van der Waals surface area (Å²) in [6, 6.07) is 5.85. The number of amides is 1. The summed E-state index contributed by atoms with van der Waals surface area (Å²) in [4.78, 5) is 11.5. The first-order valence-electron chi connectivity index (χ1n) is 4.81. The number of aryl methyl sites for hydroxylation is 1. The molecule has 0 heterocycles. The van der Waals surface area contributed by atoms with Crippen LogP contribution in [0.15, 0.2) is 18.2 Å². The zero-order chi connectivity index (χ0) is 11.4. The molecule has 0 bridgehead atoms. The van der Waals surface area contributed by atoms with Crippen molar-refractivity contribution in [3.8, 4) is 0 Å². The first kappa shape index (κ1) is 15.7. The number of carbonyl (C=O) groups is 1. The molecule has 0 aliphatic carbocycles. The fourth-order valence-electron chi connectivity index (χ4n) is 1.04. The van der Waals surface area contributed by atoms with E-state index in [-0.39, 0.29) is 24.2 Å². The average molecular weight is 355 g/mol. The van der Waals surface area contributed by atoms with Gasteiger partial charge < -0.3 is 11.1 Å². The van der Waals surface area contributed by atoms with Crippen LogP contribution >= 0.6 is 35.0 Å². The van der Waals surface area contributed by atoms with Crippen LogP contribution in [0.2, 0.25) is 0 Å². The third kappa shape index (κ3) is 4.27. The lowest BCUT2D eigenvalue weighted by molar-refractivity contribution is -0.119. The summed E-state index contributed by atoms with van der Waals surface area (Å²) in [5.41, 5.74) is 7.46. The SMILES string of the molecule is Cc1ccc(NC(=O)C(C)CN)cc1I.Cl. The molecule has 1 aromatic carbocycles. The van der Waals surface area contributed by atoms with Gasteiger partial charge in [0.05, 0.1) is 0 Å². The van der Waals surface area contributed by atoms with Crippen molar-refractivity contribution in [1.29, 1.82) is 0 Å². The molecule has 1 unspecified atom stereocenters. The number of hydrogen-bond donors (Lipinski definition) is 2. The fraction of sp³-hybridized carbons (Fsp3) is 0.364. The normalized spacial score (nSPS) is 11.5. The van der Waals surface area contributed by atoms with E-state index >= 15 is 0 Å². The monoisotopic (exact) mass is 354 g/mol. The van der Waals surface area contributed by atoms with Crippen molar-refractivity contribution in [2.24, 2.45) is 11.7 Å². The highest BCUT2D eigenvalue weighted by Gasteiger charge is 2.10. The first-order valence-corrected chi connectivity index (χ1v) is 5.89. The third-order valence-corrected chi connectivity index (χ3v) is 3.40. The predicted octanol–water partition coefficient (Wildman–Crippen LogP) is 2.55. The van der Waals surface area contributed by atoms with Crippen molar-refractivity contribution in [3.63, 3.8) is 0 Å². The molecule has 1 rings (SSSR count). The second-order valence-electron chi connectivity index (χ2n) is 3.59. The number of benzene rings is 1. The van der Waals surface area contributed by atoms with Gasteiger partial charge in [0.15, 0.2) is 0 Å². The van der Waals surface area contributed by atoms with Crippen LogP contribution < -0.4 is 11.1 Å². The van der Waals surface area contributed by atoms with Crippen LogP contribution in [0.3, 0.4) is 0 Å². The van der Waals surface area contributed by atoms with Crippen molar-refractivity contribution in [1.82, 2.24) is 0 Å². The largest absolute Gasteiger partial charge is 0.330 e. The van der Waals surface area contributed by atoms with Crippen LogP contribution in [0.5, 0.6) is 0 Å². The fourth-order valence-corrected chi connectivity index (χ4v) is 1.56. The second kappa shape index (κ2) is 7.09. The summed E-state index contributed by atoms with van der Waals surface area (Å²) < 4.78 is 1.14. The van der Waals surface area contributed by atoms with E-state index in [1.54, 1.807) is 0 Å². The summed E-state index contributed by atoms with van der Waals surface area (Å²) in [7, 11) is 0. The molecule has 0 saturated heterocycles. The van der Waals surface area contributed by atoms with Crippen LogP contribution in [0, 0.1) is 16.4 Å². The van der Waals surface area contributed by atoms with Crippen LogP contribution in [0.4, 0.5) is 5.69 Å². The quantitative estimate of drug-likeness (QED) is 0.820. The lowest BCUT2D eigenvalue weighted by Crippen LogP contribution is -2.26. The molecule has 0 radical (unpaired) electrons. The van der Waals surface area contributed by atoms with Crippen molar-refractivity contribution >= 4 is 46.6 Å². The van der Waals surface area contributed by atoms with Gasteiger partial charge in [0, 0.05) is 21.7 Å². The maximum absolute atomic E-state index is 11.5. The van der Waals surface area contributed by atoms with E-state index in [4.69, 9.17) is 5.73 Å². The Kier molecular flexibility index (Phi) is 6.94. The Morgan fingerprint density at radius 1 is 1.56 bits per heavy atom. The summed E-state index contributed by atoms with van der Waals surface area (Å²) in [5.74, 6) is -0.180. The highest BCUT2D eigenvalue weighted by Crippen LogP contribution is 2.17. The molecule has 1 aromatic rings. The molecule has 3 N–H and O–H groups in total. The Bertz CT molecular complexity index is 371. The summed E-state index contributed by atoms with van der Waals surface area (Å²) in [6.07, 6.45) is 0. The number of anilines is 1. The predicted molar refractivity (Wildman–Crippen MR) is 78.0 cm³/mol. The summed E-state index contributed by atoms with van der Waals surface area (Å²) in [6.45, 7) is 4.22. The van der Waals surface area contributed by atoms with Gasteiger partial charge in [-0.25, -0.2) is 0 Å². The zero-order valence-electron chi connectivity index (χ0n) is 9.29. The molecule has 1 atom stereocenters. The molecule has 0 saturated carbocycles. The Morgan fingerprint density at radius 2 is 2.19 bits per heavy atom. The van der Waals surface area contributed by atoms with Crippen LogP contribution in [-0.2, 0) is 4.79 Å². The highest BCUT2D eigenvalue weighted by atomic mass is 127. The van der Waals surface area contributed by atoms with E-state index in [9.17, 15) is 4.79 Å². The smallest absolute Gasteiger partial charge is 0.228 e. The van der Waals surface area contributed by atoms with Gasteiger partial charge in [0.2, 0.25) is 5.91 Å². The molecular weight excluding hydrogens is 338 g/mol. The average Bonchev–Trinajstić information content (AvgIpc) is 2.22. The van der Waals surface area contributed by atoms with Crippen molar-refractivity contribution in [2.45, 2.75) is 13.8 Å². The topological polar surface area (TPSA) is 55.1 Å². The van der Waals surface area contributed by atoms with Gasteiger partial charge in [0.1, 0.15) is 0 Å². The molecule has 0 spiro atoms. The van der Waals surface area contributed by atoms with E-state index in [1.165, 1.54) is 5.56 Å². The van der Waals surface area contributed by atoms with Crippen molar-refractivity contribution in [3.05, 3.63) is 27.3 Å².